The largest absolute Gasteiger partial charge is 0.377 e. The van der Waals surface area contributed by atoms with E-state index in [1.807, 2.05) is 24.3 Å². The lowest BCUT2D eigenvalue weighted by molar-refractivity contribution is 0.425. The number of allylic oxidation sites excluding steroid dienone is 2. The summed E-state index contributed by atoms with van der Waals surface area (Å²) in [5.74, 6) is 0.862. The van der Waals surface area contributed by atoms with Crippen LogP contribution >= 0.6 is 34.8 Å². The molecular formula is C19H16Cl3N. The number of halogens is 3. The summed E-state index contributed by atoms with van der Waals surface area (Å²) < 4.78 is 0. The predicted molar refractivity (Wildman–Crippen MR) is 99.0 cm³/mol. The Balaban J connectivity index is 1.85. The number of hydrogen-bond acceptors (Lipinski definition) is 1. The Labute approximate surface area is 151 Å². The molecule has 0 aromatic heterocycles. The van der Waals surface area contributed by atoms with Gasteiger partial charge in [0.05, 0.1) is 6.04 Å². The third kappa shape index (κ3) is 2.46. The SMILES string of the molecule is Cc1c(Cl)ccc2c1N[C@H](c1ccc(Cl)cc1Cl)[C@@H]1CC=C[C@H]21. The normalized spacial score (nSPS) is 25.0. The van der Waals surface area contributed by atoms with Crippen molar-refractivity contribution in [1.29, 1.82) is 0 Å². The van der Waals surface area contributed by atoms with Gasteiger partial charge in [0.1, 0.15) is 0 Å². The molecule has 4 heteroatoms. The highest BCUT2D eigenvalue weighted by Crippen LogP contribution is 2.52. The Morgan fingerprint density at radius 2 is 1.78 bits per heavy atom. The van der Waals surface area contributed by atoms with E-state index in [-0.39, 0.29) is 6.04 Å². The van der Waals surface area contributed by atoms with Gasteiger partial charge in [0.2, 0.25) is 0 Å². The molecule has 2 aromatic carbocycles. The maximum Gasteiger partial charge on any atom is 0.0568 e. The van der Waals surface area contributed by atoms with Gasteiger partial charge in [-0.25, -0.2) is 0 Å². The van der Waals surface area contributed by atoms with Crippen molar-refractivity contribution in [2.75, 3.05) is 5.32 Å². The van der Waals surface area contributed by atoms with Crippen LogP contribution in [0.2, 0.25) is 15.1 Å². The number of hydrogen-bond donors (Lipinski definition) is 1. The van der Waals surface area contributed by atoms with Crippen molar-refractivity contribution in [3.05, 3.63) is 74.2 Å². The lowest BCUT2D eigenvalue weighted by Crippen LogP contribution is -2.29. The van der Waals surface area contributed by atoms with Crippen molar-refractivity contribution in [3.8, 4) is 0 Å². The van der Waals surface area contributed by atoms with Gasteiger partial charge in [-0.15, -0.1) is 0 Å². The standard InChI is InChI=1S/C19H16Cl3N/c1-10-16(21)8-7-14-12-3-2-4-13(12)19(23-18(10)14)15-6-5-11(20)9-17(15)22/h2-3,5-9,12-13,19,23H,4H2,1H3/t12-,13+,19-/m0/s1. The van der Waals surface area contributed by atoms with E-state index in [1.165, 1.54) is 5.56 Å². The van der Waals surface area contributed by atoms with Gasteiger partial charge >= 0.3 is 0 Å². The zero-order valence-electron chi connectivity index (χ0n) is 12.6. The van der Waals surface area contributed by atoms with Crippen molar-refractivity contribution in [3.63, 3.8) is 0 Å². The molecule has 2 aliphatic rings. The van der Waals surface area contributed by atoms with Gasteiger partial charge in [-0.1, -0.05) is 59.1 Å². The number of benzene rings is 2. The molecule has 0 unspecified atom stereocenters. The zero-order chi connectivity index (χ0) is 16.1. The molecule has 0 saturated heterocycles. The smallest absolute Gasteiger partial charge is 0.0568 e. The fourth-order valence-corrected chi connectivity index (χ4v) is 4.53. The third-order valence-electron chi connectivity index (χ3n) is 5.03. The molecule has 3 atom stereocenters. The summed E-state index contributed by atoms with van der Waals surface area (Å²) in [6.07, 6.45) is 5.63. The highest BCUT2D eigenvalue weighted by Gasteiger charge is 2.39. The second kappa shape index (κ2) is 5.73. The fourth-order valence-electron chi connectivity index (χ4n) is 3.85. The van der Waals surface area contributed by atoms with Crippen LogP contribution in [-0.2, 0) is 0 Å². The molecule has 0 fully saturated rings. The van der Waals surface area contributed by atoms with Crippen LogP contribution in [0.25, 0.3) is 0 Å². The first-order valence-electron chi connectivity index (χ1n) is 7.73. The van der Waals surface area contributed by atoms with Gasteiger partial charge < -0.3 is 5.32 Å². The Kier molecular flexibility index (Phi) is 3.84. The minimum atomic E-state index is 0.157. The average Bonchev–Trinajstić information content (AvgIpc) is 3.00. The maximum atomic E-state index is 6.48. The minimum absolute atomic E-state index is 0.157. The van der Waals surface area contributed by atoms with E-state index in [0.717, 1.165) is 28.3 Å². The first-order chi connectivity index (χ1) is 11.1. The van der Waals surface area contributed by atoms with Crippen LogP contribution in [0.15, 0.2) is 42.5 Å². The zero-order valence-corrected chi connectivity index (χ0v) is 14.9. The van der Waals surface area contributed by atoms with Gasteiger partial charge in [0.25, 0.3) is 0 Å². The highest BCUT2D eigenvalue weighted by molar-refractivity contribution is 6.35. The van der Waals surface area contributed by atoms with E-state index in [1.54, 1.807) is 0 Å². The van der Waals surface area contributed by atoms with Gasteiger partial charge in [-0.3, -0.25) is 0 Å². The van der Waals surface area contributed by atoms with Crippen molar-refractivity contribution in [2.45, 2.75) is 25.3 Å². The fraction of sp³-hybridized carbons (Fsp3) is 0.263. The minimum Gasteiger partial charge on any atom is -0.377 e. The average molecular weight is 365 g/mol. The summed E-state index contributed by atoms with van der Waals surface area (Å²) in [7, 11) is 0. The third-order valence-corrected chi connectivity index (χ3v) is 6.00. The van der Waals surface area contributed by atoms with E-state index in [2.05, 4.69) is 30.5 Å². The van der Waals surface area contributed by atoms with Crippen LogP contribution in [0, 0.1) is 12.8 Å². The Bertz CT molecular complexity index is 813. The molecule has 1 aliphatic heterocycles. The van der Waals surface area contributed by atoms with Gasteiger partial charge in [-0.05, 0) is 54.2 Å². The summed E-state index contributed by atoms with van der Waals surface area (Å²) in [5, 5.41) is 5.87. The predicted octanol–water partition coefficient (Wildman–Crippen LogP) is 6.78. The number of fused-ring (bicyclic) bond motifs is 3. The molecule has 1 N–H and O–H groups in total. The summed E-state index contributed by atoms with van der Waals surface area (Å²) in [5.41, 5.74) is 4.66. The second-order valence-corrected chi connectivity index (χ2v) is 7.53. The maximum absolute atomic E-state index is 6.48. The van der Waals surface area contributed by atoms with Gasteiger partial charge in [0.15, 0.2) is 0 Å². The van der Waals surface area contributed by atoms with Crippen molar-refractivity contribution in [1.82, 2.24) is 0 Å². The van der Waals surface area contributed by atoms with Gasteiger partial charge in [-0.2, -0.15) is 0 Å². The monoisotopic (exact) mass is 363 g/mol. The molecule has 1 aliphatic carbocycles. The molecule has 1 nitrogen and oxygen atoms in total. The molecule has 2 aromatic rings. The van der Waals surface area contributed by atoms with Crippen LogP contribution in [-0.4, -0.2) is 0 Å². The van der Waals surface area contributed by atoms with Crippen LogP contribution in [0.3, 0.4) is 0 Å². The van der Waals surface area contributed by atoms with E-state index >= 15 is 0 Å². The molecule has 0 saturated carbocycles. The van der Waals surface area contributed by atoms with Crippen molar-refractivity contribution >= 4 is 40.5 Å². The van der Waals surface area contributed by atoms with E-state index in [9.17, 15) is 0 Å². The molecular weight excluding hydrogens is 349 g/mol. The van der Waals surface area contributed by atoms with Crippen molar-refractivity contribution < 1.29 is 0 Å². The topological polar surface area (TPSA) is 12.0 Å². The van der Waals surface area contributed by atoms with E-state index in [4.69, 9.17) is 34.8 Å². The Morgan fingerprint density at radius 1 is 1.00 bits per heavy atom. The molecule has 0 amide bonds. The quantitative estimate of drug-likeness (QED) is 0.550. The number of rotatable bonds is 1. The van der Waals surface area contributed by atoms with Crippen LogP contribution in [0.5, 0.6) is 0 Å². The molecule has 23 heavy (non-hydrogen) atoms. The summed E-state index contributed by atoms with van der Waals surface area (Å²) in [6.45, 7) is 2.06. The highest BCUT2D eigenvalue weighted by atomic mass is 35.5. The van der Waals surface area contributed by atoms with Crippen LogP contribution in [0.1, 0.15) is 35.1 Å². The number of anilines is 1. The lowest BCUT2D eigenvalue weighted by Gasteiger charge is -2.38. The Morgan fingerprint density at radius 3 is 2.57 bits per heavy atom. The van der Waals surface area contributed by atoms with Crippen LogP contribution < -0.4 is 5.32 Å². The molecule has 0 bridgehead atoms. The summed E-state index contributed by atoms with van der Waals surface area (Å²) in [6, 6.07) is 10.0. The Hall–Kier alpha value is -1.15. The van der Waals surface area contributed by atoms with E-state index in [0.29, 0.717) is 21.9 Å². The van der Waals surface area contributed by atoms with Crippen molar-refractivity contribution in [2.24, 2.45) is 5.92 Å². The second-order valence-electron chi connectivity index (χ2n) is 6.28. The first kappa shape index (κ1) is 15.4. The molecule has 4 rings (SSSR count). The number of nitrogens with one attached hydrogen (secondary N) is 1. The molecule has 0 radical (unpaired) electrons. The molecule has 1 heterocycles. The lowest BCUT2D eigenvalue weighted by atomic mass is 9.76. The molecule has 118 valence electrons. The molecule has 0 spiro atoms. The summed E-state index contributed by atoms with van der Waals surface area (Å²) >= 11 is 18.9. The first-order valence-corrected chi connectivity index (χ1v) is 8.87. The van der Waals surface area contributed by atoms with Gasteiger partial charge in [0, 0.05) is 26.7 Å². The summed E-state index contributed by atoms with van der Waals surface area (Å²) in [4.78, 5) is 0. The van der Waals surface area contributed by atoms with E-state index < -0.39 is 0 Å². The van der Waals surface area contributed by atoms with Crippen LogP contribution in [0.4, 0.5) is 5.69 Å².